The Morgan fingerprint density at radius 2 is 1.50 bits per heavy atom. The van der Waals surface area contributed by atoms with E-state index < -0.39 is 26.0 Å². The van der Waals surface area contributed by atoms with Crippen molar-refractivity contribution >= 4 is 37.3 Å². The minimum absolute atomic E-state index is 0.133. The Labute approximate surface area is 165 Å². The number of amides is 1. The highest BCUT2D eigenvalue weighted by molar-refractivity contribution is 7.92. The maximum Gasteiger partial charge on any atom is 0.257 e. The van der Waals surface area contributed by atoms with Crippen LogP contribution in [0.15, 0.2) is 53.4 Å². The third-order valence-electron chi connectivity index (χ3n) is 3.92. The lowest BCUT2D eigenvalue weighted by Gasteiger charge is -2.18. The molecule has 0 radical (unpaired) electrons. The van der Waals surface area contributed by atoms with E-state index in [-0.39, 0.29) is 16.1 Å². The van der Waals surface area contributed by atoms with E-state index in [1.807, 2.05) is 0 Å². The Bertz CT molecular complexity index is 1040. The summed E-state index contributed by atoms with van der Waals surface area (Å²) < 4.78 is 51.6. The van der Waals surface area contributed by atoms with Crippen LogP contribution in [0.25, 0.3) is 0 Å². The average molecular weight is 426 g/mol. The van der Waals surface area contributed by atoms with Crippen molar-refractivity contribution in [3.05, 3.63) is 54.1 Å². The van der Waals surface area contributed by atoms with Crippen LogP contribution in [0.5, 0.6) is 0 Å². The van der Waals surface area contributed by atoms with E-state index in [0.717, 1.165) is 6.26 Å². The maximum absolute atomic E-state index is 12.5. The van der Waals surface area contributed by atoms with Gasteiger partial charge in [0.15, 0.2) is 0 Å². The zero-order chi connectivity index (χ0) is 20.9. The summed E-state index contributed by atoms with van der Waals surface area (Å²) in [4.78, 5) is 12.7. The number of carbonyl (C=O) groups is 1. The maximum atomic E-state index is 12.5. The molecule has 0 aromatic heterocycles. The topological polar surface area (TPSA) is 113 Å². The van der Waals surface area contributed by atoms with Gasteiger partial charge in [-0.1, -0.05) is 26.0 Å². The normalized spacial score (nSPS) is 12.0. The van der Waals surface area contributed by atoms with E-state index in [4.69, 9.17) is 0 Å². The molecule has 2 N–H and O–H groups in total. The minimum Gasteiger partial charge on any atom is -0.322 e. The number of para-hydroxylation sites is 1. The number of sulfonamides is 2. The molecule has 0 aliphatic rings. The second-order valence-corrected chi connectivity index (χ2v) is 9.67. The van der Waals surface area contributed by atoms with E-state index >= 15 is 0 Å². The smallest absolute Gasteiger partial charge is 0.257 e. The first-order chi connectivity index (χ1) is 13.1. The highest BCUT2D eigenvalue weighted by Gasteiger charge is 2.21. The van der Waals surface area contributed by atoms with E-state index in [1.165, 1.54) is 40.7 Å². The van der Waals surface area contributed by atoms with Gasteiger partial charge in [-0.2, -0.15) is 4.31 Å². The third kappa shape index (κ3) is 5.31. The van der Waals surface area contributed by atoms with Crippen LogP contribution in [-0.4, -0.2) is 46.4 Å². The number of hydrogen-bond donors (Lipinski definition) is 2. The average Bonchev–Trinajstić information content (AvgIpc) is 2.62. The molecule has 0 heterocycles. The number of nitrogens with one attached hydrogen (secondary N) is 2. The van der Waals surface area contributed by atoms with Crippen LogP contribution in [0, 0.1) is 0 Å². The molecule has 28 heavy (non-hydrogen) atoms. The van der Waals surface area contributed by atoms with Crippen molar-refractivity contribution in [1.29, 1.82) is 0 Å². The number of rotatable bonds is 8. The van der Waals surface area contributed by atoms with Crippen molar-refractivity contribution < 1.29 is 21.6 Å². The van der Waals surface area contributed by atoms with Crippen LogP contribution in [0.1, 0.15) is 24.2 Å². The van der Waals surface area contributed by atoms with Gasteiger partial charge in [-0.3, -0.25) is 9.52 Å². The largest absolute Gasteiger partial charge is 0.322 e. The van der Waals surface area contributed by atoms with E-state index in [9.17, 15) is 21.6 Å². The lowest BCUT2D eigenvalue weighted by Crippen LogP contribution is -2.30. The number of anilines is 2. The third-order valence-corrected chi connectivity index (χ3v) is 6.58. The van der Waals surface area contributed by atoms with Crippen molar-refractivity contribution in [2.24, 2.45) is 0 Å². The summed E-state index contributed by atoms with van der Waals surface area (Å²) in [5, 5.41) is 2.64. The summed E-state index contributed by atoms with van der Waals surface area (Å²) in [6.07, 6.45) is 0.997. The summed E-state index contributed by atoms with van der Waals surface area (Å²) in [5.41, 5.74) is 0.689. The van der Waals surface area contributed by atoms with Crippen molar-refractivity contribution in [3.63, 3.8) is 0 Å². The molecule has 152 valence electrons. The minimum atomic E-state index is -3.58. The molecule has 0 saturated heterocycles. The summed E-state index contributed by atoms with van der Waals surface area (Å²) in [7, 11) is -7.12. The molecular formula is C18H23N3O5S2. The van der Waals surface area contributed by atoms with Gasteiger partial charge in [0.05, 0.1) is 22.4 Å². The fraction of sp³-hybridized carbons (Fsp3) is 0.278. The van der Waals surface area contributed by atoms with Gasteiger partial charge in [0.2, 0.25) is 20.0 Å². The molecule has 0 unspecified atom stereocenters. The Morgan fingerprint density at radius 1 is 0.929 bits per heavy atom. The first-order valence-corrected chi connectivity index (χ1v) is 11.9. The van der Waals surface area contributed by atoms with Gasteiger partial charge < -0.3 is 5.32 Å². The molecule has 2 rings (SSSR count). The lowest BCUT2D eigenvalue weighted by molar-refractivity contribution is 0.102. The Kier molecular flexibility index (Phi) is 6.81. The number of carbonyl (C=O) groups excluding carboxylic acids is 1. The van der Waals surface area contributed by atoms with Gasteiger partial charge >= 0.3 is 0 Å². The molecular weight excluding hydrogens is 402 g/mol. The molecule has 0 atom stereocenters. The van der Waals surface area contributed by atoms with Crippen LogP contribution < -0.4 is 10.0 Å². The molecule has 0 bridgehead atoms. The zero-order valence-electron chi connectivity index (χ0n) is 15.8. The van der Waals surface area contributed by atoms with Crippen molar-refractivity contribution in [3.8, 4) is 0 Å². The summed E-state index contributed by atoms with van der Waals surface area (Å²) in [6, 6.07) is 12.0. The van der Waals surface area contributed by atoms with E-state index in [1.54, 1.807) is 26.0 Å². The highest BCUT2D eigenvalue weighted by Crippen LogP contribution is 2.21. The quantitative estimate of drug-likeness (QED) is 0.674. The van der Waals surface area contributed by atoms with Crippen molar-refractivity contribution in [1.82, 2.24) is 4.31 Å². The van der Waals surface area contributed by atoms with Gasteiger partial charge in [0.25, 0.3) is 5.91 Å². The van der Waals surface area contributed by atoms with Crippen LogP contribution >= 0.6 is 0 Å². The SMILES string of the molecule is CCN(CC)S(=O)(=O)c1ccc(NC(=O)c2ccccc2NS(C)(=O)=O)cc1. The van der Waals surface area contributed by atoms with E-state index in [2.05, 4.69) is 10.0 Å². The Morgan fingerprint density at radius 3 is 2.04 bits per heavy atom. The van der Waals surface area contributed by atoms with Crippen LogP contribution in [-0.2, 0) is 20.0 Å². The summed E-state index contributed by atoms with van der Waals surface area (Å²) >= 11 is 0. The molecule has 0 fully saturated rings. The fourth-order valence-corrected chi connectivity index (χ4v) is 4.63. The van der Waals surface area contributed by atoms with E-state index in [0.29, 0.717) is 18.8 Å². The predicted octanol–water partition coefficient (Wildman–Crippen LogP) is 2.34. The molecule has 0 spiro atoms. The number of benzene rings is 2. The summed E-state index contributed by atoms with van der Waals surface area (Å²) in [6.45, 7) is 4.25. The molecule has 2 aromatic carbocycles. The van der Waals surface area contributed by atoms with Crippen molar-refractivity contribution in [2.45, 2.75) is 18.7 Å². The molecule has 1 amide bonds. The molecule has 8 nitrogen and oxygen atoms in total. The van der Waals surface area contributed by atoms with Crippen LogP contribution in [0.2, 0.25) is 0 Å². The first-order valence-electron chi connectivity index (χ1n) is 8.57. The number of hydrogen-bond acceptors (Lipinski definition) is 5. The van der Waals surface area contributed by atoms with Gasteiger partial charge in [0, 0.05) is 18.8 Å². The Hall–Kier alpha value is -2.43. The van der Waals surface area contributed by atoms with Gasteiger partial charge in [-0.05, 0) is 36.4 Å². The van der Waals surface area contributed by atoms with Crippen LogP contribution in [0.4, 0.5) is 11.4 Å². The molecule has 2 aromatic rings. The Balaban J connectivity index is 2.23. The molecule has 10 heteroatoms. The monoisotopic (exact) mass is 425 g/mol. The fourth-order valence-electron chi connectivity index (χ4n) is 2.59. The van der Waals surface area contributed by atoms with Gasteiger partial charge in [-0.15, -0.1) is 0 Å². The summed E-state index contributed by atoms with van der Waals surface area (Å²) in [5.74, 6) is -0.522. The second kappa shape index (κ2) is 8.72. The van der Waals surface area contributed by atoms with Gasteiger partial charge in [0.1, 0.15) is 0 Å². The molecule has 0 aliphatic carbocycles. The zero-order valence-corrected chi connectivity index (χ0v) is 17.5. The highest BCUT2D eigenvalue weighted by atomic mass is 32.2. The van der Waals surface area contributed by atoms with Gasteiger partial charge in [-0.25, -0.2) is 16.8 Å². The lowest BCUT2D eigenvalue weighted by atomic mass is 10.1. The standard InChI is InChI=1S/C18H23N3O5S2/c1-4-21(5-2)28(25,26)15-12-10-14(11-13-15)19-18(22)16-8-6-7-9-17(16)20-27(3,23)24/h6-13,20H,4-5H2,1-3H3,(H,19,22). The first kappa shape index (κ1) is 21.9. The second-order valence-electron chi connectivity index (χ2n) is 5.99. The molecule has 0 saturated carbocycles. The van der Waals surface area contributed by atoms with Crippen LogP contribution in [0.3, 0.4) is 0 Å². The predicted molar refractivity (Wildman–Crippen MR) is 109 cm³/mol. The van der Waals surface area contributed by atoms with Crippen molar-refractivity contribution in [2.75, 3.05) is 29.4 Å². The molecule has 0 aliphatic heterocycles. The number of nitrogens with zero attached hydrogens (tertiary/aromatic N) is 1.